The van der Waals surface area contributed by atoms with Gasteiger partial charge in [0.25, 0.3) is 0 Å². The fourth-order valence-electron chi connectivity index (χ4n) is 0.667. The van der Waals surface area contributed by atoms with Gasteiger partial charge in [0.1, 0.15) is 11.9 Å². The average Bonchev–Trinajstić information content (AvgIpc) is 1.86. The van der Waals surface area contributed by atoms with Gasteiger partial charge in [-0.05, 0) is 11.4 Å². The Labute approximate surface area is 74.8 Å². The lowest BCUT2D eigenvalue weighted by atomic mass is 11.2. The van der Waals surface area contributed by atoms with Crippen LogP contribution in [0.3, 0.4) is 0 Å². The van der Waals surface area contributed by atoms with Crippen LogP contribution in [0.1, 0.15) is 0 Å². The molecule has 0 bridgehead atoms. The third-order valence-corrected chi connectivity index (χ3v) is 18.3. The topological polar surface area (TPSA) is 34.1 Å². The molecule has 0 aromatic heterocycles. The van der Waals surface area contributed by atoms with E-state index in [2.05, 4.69) is 26.2 Å². The molecule has 0 amide bonds. The van der Waals surface area contributed by atoms with Crippen molar-refractivity contribution in [2.45, 2.75) is 26.2 Å². The smallest absolute Gasteiger partial charge is 0.115 e. The maximum Gasteiger partial charge on any atom is 0.115 e. The van der Waals surface area contributed by atoms with Crippen LogP contribution in [0, 0.1) is 0 Å². The minimum atomic E-state index is -1.68. The van der Waals surface area contributed by atoms with Crippen molar-refractivity contribution in [1.29, 1.82) is 0 Å². The summed E-state index contributed by atoms with van der Waals surface area (Å²) in [5, 5.41) is 0. The molecule has 0 saturated carbocycles. The van der Waals surface area contributed by atoms with Crippen LogP contribution in [0.2, 0.25) is 26.2 Å². The Morgan fingerprint density at radius 2 is 1.08 bits per heavy atom. The zero-order valence-corrected chi connectivity index (χ0v) is 9.97. The van der Waals surface area contributed by atoms with E-state index in [1.54, 1.807) is 11.4 Å². The van der Waals surface area contributed by atoms with E-state index < -0.39 is 15.2 Å². The van der Waals surface area contributed by atoms with E-state index in [9.17, 15) is 9.59 Å². The molecule has 0 aromatic rings. The monoisotopic (exact) mass is 198 g/mol. The van der Waals surface area contributed by atoms with Crippen molar-refractivity contribution in [1.82, 2.24) is 0 Å². The molecule has 12 heavy (non-hydrogen) atoms. The molecule has 0 saturated heterocycles. The van der Waals surface area contributed by atoms with E-state index in [1.165, 1.54) is 0 Å². The molecule has 4 heteroatoms. The van der Waals surface area contributed by atoms with E-state index in [0.717, 1.165) is 0 Å². The summed E-state index contributed by atoms with van der Waals surface area (Å²) < 4.78 is 0. The van der Waals surface area contributed by atoms with Gasteiger partial charge in [-0.25, -0.2) is 9.59 Å². The maximum atomic E-state index is 10.2. The van der Waals surface area contributed by atoms with Gasteiger partial charge in [0.15, 0.2) is 0 Å². The lowest BCUT2D eigenvalue weighted by Gasteiger charge is -2.30. The molecule has 0 aliphatic carbocycles. The van der Waals surface area contributed by atoms with Crippen LogP contribution >= 0.6 is 0 Å². The molecule has 2 nitrogen and oxygen atoms in total. The summed E-state index contributed by atoms with van der Waals surface area (Å²) in [4.78, 5) is 20.5. The lowest BCUT2D eigenvalue weighted by molar-refractivity contribution is 0.568. The Hall–Kier alpha value is -0.666. The molecule has 66 valence electrons. The summed E-state index contributed by atoms with van der Waals surface area (Å²) in [5.74, 6) is 3.69. The zero-order chi connectivity index (χ0) is 9.83. The molecular weight excluding hydrogens is 184 g/mol. The van der Waals surface area contributed by atoms with Crippen LogP contribution in [0.15, 0.2) is 11.4 Å². The van der Waals surface area contributed by atoms with Crippen LogP contribution in [0.5, 0.6) is 0 Å². The highest BCUT2D eigenvalue weighted by Gasteiger charge is 2.38. The molecule has 0 unspecified atom stereocenters. The molecular formula is C8H14O2Si2. The average molecular weight is 198 g/mol. The Bertz CT molecular complexity index is 228. The molecule has 0 aliphatic rings. The van der Waals surface area contributed by atoms with Crippen LogP contribution in [-0.4, -0.2) is 27.1 Å². The highest BCUT2D eigenvalue weighted by atomic mass is 29.3. The fraction of sp³-hybridized carbons (Fsp3) is 0.500. The van der Waals surface area contributed by atoms with E-state index >= 15 is 0 Å². The molecule has 0 aliphatic heterocycles. The number of carbonyl (C=O) groups excluding carboxylic acids is 2. The summed E-state index contributed by atoms with van der Waals surface area (Å²) in [6.07, 6.45) is 0. The summed E-state index contributed by atoms with van der Waals surface area (Å²) in [7, 11) is -3.36. The SMILES string of the molecule is C[Si](C)(C=C=O)[Si](C)(C)C=C=O. The zero-order valence-electron chi connectivity index (χ0n) is 7.97. The normalized spacial score (nSPS) is 11.3. The van der Waals surface area contributed by atoms with Crippen LogP contribution in [0.25, 0.3) is 0 Å². The molecule has 0 N–H and O–H groups in total. The summed E-state index contributed by atoms with van der Waals surface area (Å²) >= 11 is 0. The van der Waals surface area contributed by atoms with Crippen molar-refractivity contribution >= 4 is 27.1 Å². The van der Waals surface area contributed by atoms with Crippen molar-refractivity contribution in [3.8, 4) is 0 Å². The molecule has 0 atom stereocenters. The highest BCUT2D eigenvalue weighted by molar-refractivity contribution is 7.45. The van der Waals surface area contributed by atoms with Gasteiger partial charge >= 0.3 is 0 Å². The molecule has 0 fully saturated rings. The quantitative estimate of drug-likeness (QED) is 0.506. The Balaban J connectivity index is 4.98. The predicted octanol–water partition coefficient (Wildman–Crippen LogP) is 1.34. The summed E-state index contributed by atoms with van der Waals surface area (Å²) in [6.45, 7) is 8.33. The minimum absolute atomic E-state index is 1.63. The third kappa shape index (κ3) is 2.43. The first-order chi connectivity index (χ1) is 5.37. The Morgan fingerprint density at radius 3 is 1.25 bits per heavy atom. The molecule has 0 aromatic carbocycles. The number of hydrogen-bond acceptors (Lipinski definition) is 2. The van der Waals surface area contributed by atoms with Crippen LogP contribution in [0.4, 0.5) is 0 Å². The second kappa shape index (κ2) is 3.83. The van der Waals surface area contributed by atoms with Crippen LogP contribution in [-0.2, 0) is 9.59 Å². The second-order valence-corrected chi connectivity index (χ2v) is 19.2. The van der Waals surface area contributed by atoms with E-state index in [4.69, 9.17) is 0 Å². The molecule has 0 rings (SSSR count). The van der Waals surface area contributed by atoms with Gasteiger partial charge in [0.05, 0.1) is 15.2 Å². The third-order valence-electron chi connectivity index (χ3n) is 2.50. The first-order valence-corrected chi connectivity index (χ1v) is 11.0. The van der Waals surface area contributed by atoms with Crippen molar-refractivity contribution in [3.63, 3.8) is 0 Å². The largest absolute Gasteiger partial charge is 0.234 e. The van der Waals surface area contributed by atoms with Crippen molar-refractivity contribution in [2.24, 2.45) is 0 Å². The maximum absolute atomic E-state index is 10.2. The van der Waals surface area contributed by atoms with Crippen molar-refractivity contribution < 1.29 is 9.59 Å². The van der Waals surface area contributed by atoms with Crippen molar-refractivity contribution in [3.05, 3.63) is 11.4 Å². The van der Waals surface area contributed by atoms with Gasteiger partial charge in [-0.15, -0.1) is 0 Å². The first-order valence-electron chi connectivity index (χ1n) is 3.81. The standard InChI is InChI=1S/C8H14O2Si2/c1-11(2,7-5-9)12(3,4)8-6-10/h7-8H,1-4H3. The van der Waals surface area contributed by atoms with Gasteiger partial charge < -0.3 is 0 Å². The second-order valence-electron chi connectivity index (χ2n) is 3.97. The molecule has 0 radical (unpaired) electrons. The van der Waals surface area contributed by atoms with Crippen molar-refractivity contribution in [2.75, 3.05) is 0 Å². The number of hydrogen-bond donors (Lipinski definition) is 0. The van der Waals surface area contributed by atoms with Gasteiger partial charge in [-0.3, -0.25) is 0 Å². The first kappa shape index (κ1) is 11.3. The molecule has 0 heterocycles. The summed E-state index contributed by atoms with van der Waals surface area (Å²) in [5.41, 5.74) is 3.26. The van der Waals surface area contributed by atoms with Gasteiger partial charge in [-0.1, -0.05) is 26.2 Å². The Kier molecular flexibility index (Phi) is 3.62. The predicted molar refractivity (Wildman–Crippen MR) is 55.5 cm³/mol. The van der Waals surface area contributed by atoms with Gasteiger partial charge in [0.2, 0.25) is 0 Å². The van der Waals surface area contributed by atoms with Gasteiger partial charge in [0, 0.05) is 0 Å². The summed E-state index contributed by atoms with van der Waals surface area (Å²) in [6, 6.07) is 0. The van der Waals surface area contributed by atoms with E-state index in [-0.39, 0.29) is 0 Å². The van der Waals surface area contributed by atoms with E-state index in [1.807, 2.05) is 11.9 Å². The molecule has 0 spiro atoms. The Morgan fingerprint density at radius 1 is 0.833 bits per heavy atom. The lowest BCUT2D eigenvalue weighted by Crippen LogP contribution is -2.52. The van der Waals surface area contributed by atoms with Crippen LogP contribution < -0.4 is 0 Å². The fourth-order valence-corrected chi connectivity index (χ4v) is 4.59. The van der Waals surface area contributed by atoms with E-state index in [0.29, 0.717) is 0 Å². The number of rotatable bonds is 3. The minimum Gasteiger partial charge on any atom is -0.234 e. The van der Waals surface area contributed by atoms with Gasteiger partial charge in [-0.2, -0.15) is 0 Å². The highest BCUT2D eigenvalue weighted by Crippen LogP contribution is 2.19.